The Morgan fingerprint density at radius 2 is 2.19 bits per heavy atom. The molecule has 0 radical (unpaired) electrons. The second-order valence-corrected chi connectivity index (χ2v) is 4.91. The minimum atomic E-state index is -4.49. The van der Waals surface area contributed by atoms with Crippen molar-refractivity contribution in [2.24, 2.45) is 0 Å². The Balaban J connectivity index is 2.14. The molecule has 2 rings (SSSR count). The highest BCUT2D eigenvalue weighted by molar-refractivity contribution is 5.77. The van der Waals surface area contributed by atoms with Gasteiger partial charge in [-0.3, -0.25) is 4.79 Å². The SMILES string of the molecule is N#Cc1ccc(C(F)(F)F)c(NC[C@H]2CCCC(=O)N2)c1. The molecule has 0 bridgehead atoms. The lowest BCUT2D eigenvalue weighted by Crippen LogP contribution is -2.43. The molecule has 0 aliphatic carbocycles. The van der Waals surface area contributed by atoms with Crippen molar-refractivity contribution < 1.29 is 18.0 Å². The summed E-state index contributed by atoms with van der Waals surface area (Å²) in [4.78, 5) is 11.2. The summed E-state index contributed by atoms with van der Waals surface area (Å²) in [5, 5.41) is 14.2. The fraction of sp³-hybridized carbons (Fsp3) is 0.429. The second-order valence-electron chi connectivity index (χ2n) is 4.91. The molecule has 1 aromatic rings. The van der Waals surface area contributed by atoms with Crippen LogP contribution in [0.5, 0.6) is 0 Å². The average molecular weight is 297 g/mol. The summed E-state index contributed by atoms with van der Waals surface area (Å²) in [6, 6.07) is 4.82. The fourth-order valence-electron chi connectivity index (χ4n) is 2.27. The zero-order valence-electron chi connectivity index (χ0n) is 11.1. The number of nitrogens with zero attached hydrogens (tertiary/aromatic N) is 1. The number of carbonyl (C=O) groups is 1. The van der Waals surface area contributed by atoms with Gasteiger partial charge in [0.1, 0.15) is 0 Å². The number of halogens is 3. The van der Waals surface area contributed by atoms with E-state index < -0.39 is 11.7 Å². The van der Waals surface area contributed by atoms with Crippen LogP contribution in [0.3, 0.4) is 0 Å². The maximum Gasteiger partial charge on any atom is 0.418 e. The Morgan fingerprint density at radius 1 is 1.43 bits per heavy atom. The van der Waals surface area contributed by atoms with E-state index in [1.807, 2.05) is 6.07 Å². The minimum Gasteiger partial charge on any atom is -0.382 e. The number of rotatable bonds is 3. The van der Waals surface area contributed by atoms with Crippen LogP contribution >= 0.6 is 0 Å². The number of alkyl halides is 3. The highest BCUT2D eigenvalue weighted by Gasteiger charge is 2.33. The molecule has 7 heteroatoms. The van der Waals surface area contributed by atoms with E-state index in [-0.39, 0.29) is 29.7 Å². The largest absolute Gasteiger partial charge is 0.418 e. The quantitative estimate of drug-likeness (QED) is 0.901. The van der Waals surface area contributed by atoms with Crippen molar-refractivity contribution in [2.75, 3.05) is 11.9 Å². The summed E-state index contributed by atoms with van der Waals surface area (Å²) >= 11 is 0. The molecule has 1 aromatic carbocycles. The second kappa shape index (κ2) is 6.04. The Morgan fingerprint density at radius 3 is 2.81 bits per heavy atom. The van der Waals surface area contributed by atoms with Crippen LogP contribution in [0.15, 0.2) is 18.2 Å². The molecule has 0 unspecified atom stereocenters. The van der Waals surface area contributed by atoms with E-state index in [0.717, 1.165) is 25.0 Å². The van der Waals surface area contributed by atoms with E-state index >= 15 is 0 Å². The van der Waals surface area contributed by atoms with Gasteiger partial charge in [0.05, 0.1) is 17.2 Å². The fourth-order valence-corrected chi connectivity index (χ4v) is 2.27. The maximum absolute atomic E-state index is 12.9. The molecule has 1 saturated heterocycles. The molecule has 21 heavy (non-hydrogen) atoms. The van der Waals surface area contributed by atoms with Gasteiger partial charge in [-0.15, -0.1) is 0 Å². The molecule has 1 aliphatic rings. The smallest absolute Gasteiger partial charge is 0.382 e. The first kappa shape index (κ1) is 15.2. The molecule has 1 heterocycles. The summed E-state index contributed by atoms with van der Waals surface area (Å²) in [6.07, 6.45) is -2.60. The third-order valence-electron chi connectivity index (χ3n) is 3.31. The van der Waals surface area contributed by atoms with Crippen LogP contribution < -0.4 is 10.6 Å². The predicted molar refractivity (Wildman–Crippen MR) is 70.4 cm³/mol. The maximum atomic E-state index is 12.9. The summed E-state index contributed by atoms with van der Waals surface area (Å²) in [5.74, 6) is -0.0881. The molecule has 1 aliphatic heterocycles. The number of nitrogens with one attached hydrogen (secondary N) is 2. The number of nitriles is 1. The Labute approximate surface area is 119 Å². The van der Waals surface area contributed by atoms with Crippen molar-refractivity contribution in [2.45, 2.75) is 31.5 Å². The molecule has 0 aromatic heterocycles. The lowest BCUT2D eigenvalue weighted by Gasteiger charge is -2.24. The lowest BCUT2D eigenvalue weighted by molar-refractivity contribution is -0.137. The number of hydrogen-bond acceptors (Lipinski definition) is 3. The van der Waals surface area contributed by atoms with Crippen molar-refractivity contribution in [3.63, 3.8) is 0 Å². The van der Waals surface area contributed by atoms with Crippen LogP contribution in [0.4, 0.5) is 18.9 Å². The van der Waals surface area contributed by atoms with Gasteiger partial charge in [-0.1, -0.05) is 0 Å². The highest BCUT2D eigenvalue weighted by Crippen LogP contribution is 2.35. The molecular formula is C14H14F3N3O. The summed E-state index contributed by atoms with van der Waals surface area (Å²) in [6.45, 7) is 0.198. The number of piperidine rings is 1. The van der Waals surface area contributed by atoms with Gasteiger partial charge in [-0.2, -0.15) is 18.4 Å². The summed E-state index contributed by atoms with van der Waals surface area (Å²) in [7, 11) is 0. The van der Waals surface area contributed by atoms with Gasteiger partial charge in [0.25, 0.3) is 0 Å². The topological polar surface area (TPSA) is 64.9 Å². The molecule has 1 atom stereocenters. The van der Waals surface area contributed by atoms with Crippen molar-refractivity contribution in [1.29, 1.82) is 5.26 Å². The van der Waals surface area contributed by atoms with Gasteiger partial charge >= 0.3 is 6.18 Å². The molecule has 1 amide bonds. The monoisotopic (exact) mass is 297 g/mol. The number of amides is 1. The predicted octanol–water partition coefficient (Wildman–Crippen LogP) is 2.66. The Hall–Kier alpha value is -2.23. The number of anilines is 1. The van der Waals surface area contributed by atoms with E-state index in [2.05, 4.69) is 10.6 Å². The standard InChI is InChI=1S/C14H14F3N3O/c15-14(16,17)11-5-4-9(7-18)6-12(11)19-8-10-2-1-3-13(21)20-10/h4-6,10,19H,1-3,8H2,(H,20,21)/t10-/m1/s1. The molecule has 0 saturated carbocycles. The van der Waals surface area contributed by atoms with E-state index in [1.54, 1.807) is 0 Å². The third kappa shape index (κ3) is 3.88. The molecular weight excluding hydrogens is 283 g/mol. The van der Waals surface area contributed by atoms with Crippen molar-refractivity contribution >= 4 is 11.6 Å². The summed E-state index contributed by atoms with van der Waals surface area (Å²) < 4.78 is 38.8. The van der Waals surface area contributed by atoms with E-state index in [4.69, 9.17) is 5.26 Å². The van der Waals surface area contributed by atoms with E-state index in [1.165, 1.54) is 6.07 Å². The minimum absolute atomic E-state index is 0.0881. The van der Waals surface area contributed by atoms with E-state index in [0.29, 0.717) is 6.42 Å². The highest BCUT2D eigenvalue weighted by atomic mass is 19.4. The molecule has 112 valence electrons. The molecule has 0 spiro atoms. The number of carbonyl (C=O) groups excluding carboxylic acids is 1. The summed E-state index contributed by atoms with van der Waals surface area (Å²) in [5.41, 5.74) is -0.803. The van der Waals surface area contributed by atoms with Gasteiger partial charge in [-0.25, -0.2) is 0 Å². The van der Waals surface area contributed by atoms with Crippen molar-refractivity contribution in [3.05, 3.63) is 29.3 Å². The number of benzene rings is 1. The normalized spacial score (nSPS) is 18.8. The Kier molecular flexibility index (Phi) is 4.36. The average Bonchev–Trinajstić information content (AvgIpc) is 2.44. The van der Waals surface area contributed by atoms with Gasteiger partial charge in [0.2, 0.25) is 5.91 Å². The molecule has 2 N–H and O–H groups in total. The van der Waals surface area contributed by atoms with Crippen LogP contribution in [0, 0.1) is 11.3 Å². The molecule has 4 nitrogen and oxygen atoms in total. The van der Waals surface area contributed by atoms with Crippen LogP contribution in [0.2, 0.25) is 0 Å². The Bertz CT molecular complexity index is 578. The third-order valence-corrected chi connectivity index (χ3v) is 3.31. The zero-order valence-corrected chi connectivity index (χ0v) is 11.1. The van der Waals surface area contributed by atoms with Crippen LogP contribution in [-0.2, 0) is 11.0 Å². The zero-order chi connectivity index (χ0) is 15.5. The van der Waals surface area contributed by atoms with Crippen LogP contribution in [0.25, 0.3) is 0 Å². The lowest BCUT2D eigenvalue weighted by atomic mass is 10.0. The van der Waals surface area contributed by atoms with Crippen molar-refractivity contribution in [1.82, 2.24) is 5.32 Å². The first-order valence-electron chi connectivity index (χ1n) is 6.54. The number of hydrogen-bond donors (Lipinski definition) is 2. The molecule has 1 fully saturated rings. The van der Waals surface area contributed by atoms with Gasteiger partial charge < -0.3 is 10.6 Å². The van der Waals surface area contributed by atoms with Gasteiger partial charge in [0, 0.05) is 24.7 Å². The van der Waals surface area contributed by atoms with Crippen LogP contribution in [-0.4, -0.2) is 18.5 Å². The van der Waals surface area contributed by atoms with Crippen LogP contribution in [0.1, 0.15) is 30.4 Å². The first-order chi connectivity index (χ1) is 9.90. The van der Waals surface area contributed by atoms with Gasteiger partial charge in [0.15, 0.2) is 0 Å². The van der Waals surface area contributed by atoms with E-state index in [9.17, 15) is 18.0 Å². The first-order valence-corrected chi connectivity index (χ1v) is 6.54. The van der Waals surface area contributed by atoms with Gasteiger partial charge in [-0.05, 0) is 31.0 Å². The van der Waals surface area contributed by atoms with Crippen molar-refractivity contribution in [3.8, 4) is 6.07 Å².